The first kappa shape index (κ1) is 27.0. The Hall–Kier alpha value is -4.64. The van der Waals surface area contributed by atoms with Crippen molar-refractivity contribution in [1.82, 2.24) is 0 Å². The Morgan fingerprint density at radius 3 is 2.24 bits per heavy atom. The van der Waals surface area contributed by atoms with Crippen LogP contribution in [0.15, 0.2) is 69.1 Å². The van der Waals surface area contributed by atoms with Gasteiger partial charge in [-0.15, -0.1) is 0 Å². The Balaban J connectivity index is 1.87. The van der Waals surface area contributed by atoms with Gasteiger partial charge in [0.1, 0.15) is 10.6 Å². The minimum absolute atomic E-state index is 0.0499. The normalized spacial score (nSPS) is 11.2. The van der Waals surface area contributed by atoms with Gasteiger partial charge in [0, 0.05) is 18.2 Å². The fraction of sp³-hybridized carbons (Fsp3) is 0.0500. The fourth-order valence-corrected chi connectivity index (χ4v) is 4.51. The van der Waals surface area contributed by atoms with Crippen LogP contribution >= 0.6 is 15.9 Å². The zero-order chi connectivity index (χ0) is 27.3. The SMILES string of the molecule is COc1cc(/C=N\Nc2ccc([N+](=O)[O-])cc2[N+](=O)[O-])cc(Br)c1OS(=O)(=O)c1cccc([N+](=O)[O-])c1. The van der Waals surface area contributed by atoms with Crippen LogP contribution in [-0.2, 0) is 10.1 Å². The second-order valence-corrected chi connectivity index (χ2v) is 9.31. The molecule has 0 aliphatic heterocycles. The van der Waals surface area contributed by atoms with E-state index in [1.54, 1.807) is 0 Å². The van der Waals surface area contributed by atoms with Gasteiger partial charge in [0.25, 0.3) is 11.4 Å². The van der Waals surface area contributed by atoms with E-state index in [0.29, 0.717) is 5.56 Å². The summed E-state index contributed by atoms with van der Waals surface area (Å²) in [6.07, 6.45) is 1.22. The third kappa shape index (κ3) is 6.33. The lowest BCUT2D eigenvalue weighted by molar-refractivity contribution is -0.393. The number of benzene rings is 3. The molecule has 0 aromatic heterocycles. The number of ether oxygens (including phenoxy) is 1. The number of non-ortho nitro benzene ring substituents is 2. The third-order valence-electron chi connectivity index (χ3n) is 4.55. The highest BCUT2D eigenvalue weighted by Crippen LogP contribution is 2.38. The molecule has 0 unspecified atom stereocenters. The van der Waals surface area contributed by atoms with Crippen LogP contribution in [0.1, 0.15) is 5.56 Å². The first-order chi connectivity index (χ1) is 17.4. The van der Waals surface area contributed by atoms with Gasteiger partial charge in [-0.05, 0) is 45.8 Å². The number of nitrogens with one attached hydrogen (secondary N) is 1. The number of hydrazone groups is 1. The van der Waals surface area contributed by atoms with E-state index in [9.17, 15) is 38.8 Å². The Kier molecular flexibility index (Phi) is 7.98. The molecule has 37 heavy (non-hydrogen) atoms. The van der Waals surface area contributed by atoms with Crippen molar-refractivity contribution in [3.05, 3.63) is 95.0 Å². The summed E-state index contributed by atoms with van der Waals surface area (Å²) < 4.78 is 35.9. The molecule has 0 aliphatic carbocycles. The van der Waals surface area contributed by atoms with Crippen molar-refractivity contribution in [2.45, 2.75) is 4.90 Å². The molecule has 0 amide bonds. The van der Waals surface area contributed by atoms with Crippen molar-refractivity contribution in [3.8, 4) is 11.5 Å². The lowest BCUT2D eigenvalue weighted by Gasteiger charge is -2.13. The molecule has 3 aromatic carbocycles. The van der Waals surface area contributed by atoms with Gasteiger partial charge in [-0.25, -0.2) is 0 Å². The van der Waals surface area contributed by atoms with Crippen molar-refractivity contribution >= 4 is 55.0 Å². The number of halogens is 1. The standard InChI is InChI=1S/C20H14BrN5O10S/c1-35-19-8-12(11-22-23-17-6-5-14(25(29)30)10-18(17)26(31)32)7-16(21)20(19)36-37(33,34)15-4-2-3-13(9-15)24(27)28/h2-11,23H,1H3/b22-11-. The van der Waals surface area contributed by atoms with Crippen LogP contribution in [0.3, 0.4) is 0 Å². The predicted molar refractivity (Wildman–Crippen MR) is 133 cm³/mol. The number of anilines is 1. The highest BCUT2D eigenvalue weighted by Gasteiger charge is 2.24. The second-order valence-electron chi connectivity index (χ2n) is 6.91. The summed E-state index contributed by atoms with van der Waals surface area (Å²) in [6, 6.07) is 10.0. The van der Waals surface area contributed by atoms with Crippen molar-refractivity contribution < 1.29 is 32.1 Å². The summed E-state index contributed by atoms with van der Waals surface area (Å²) in [5.41, 5.74) is 1.17. The van der Waals surface area contributed by atoms with Crippen LogP contribution in [0.25, 0.3) is 0 Å². The molecule has 0 aliphatic rings. The maximum Gasteiger partial charge on any atom is 0.339 e. The van der Waals surface area contributed by atoms with Crippen molar-refractivity contribution in [1.29, 1.82) is 0 Å². The summed E-state index contributed by atoms with van der Waals surface area (Å²) in [6.45, 7) is 0. The Morgan fingerprint density at radius 1 is 0.946 bits per heavy atom. The number of hydrogen-bond donors (Lipinski definition) is 1. The van der Waals surface area contributed by atoms with Gasteiger partial charge in [0.15, 0.2) is 11.5 Å². The van der Waals surface area contributed by atoms with Gasteiger partial charge in [-0.2, -0.15) is 13.5 Å². The predicted octanol–water partition coefficient (Wildman–Crippen LogP) is 4.40. The Labute approximate surface area is 216 Å². The number of hydrogen-bond acceptors (Lipinski definition) is 12. The smallest absolute Gasteiger partial charge is 0.339 e. The van der Waals surface area contributed by atoms with E-state index in [-0.39, 0.29) is 21.7 Å². The maximum atomic E-state index is 12.7. The molecule has 3 aromatic rings. The molecular weight excluding hydrogens is 582 g/mol. The number of methoxy groups -OCH3 is 1. The zero-order valence-electron chi connectivity index (χ0n) is 18.4. The van der Waals surface area contributed by atoms with E-state index >= 15 is 0 Å². The molecule has 17 heteroatoms. The fourth-order valence-electron chi connectivity index (χ4n) is 2.86. The van der Waals surface area contributed by atoms with Crippen LogP contribution in [0, 0.1) is 30.3 Å². The van der Waals surface area contributed by atoms with Crippen LogP contribution in [0.2, 0.25) is 0 Å². The lowest BCUT2D eigenvalue weighted by Crippen LogP contribution is -2.11. The van der Waals surface area contributed by atoms with Gasteiger partial charge in [0.05, 0.1) is 38.6 Å². The van der Waals surface area contributed by atoms with Gasteiger partial charge in [0.2, 0.25) is 0 Å². The van der Waals surface area contributed by atoms with Crippen LogP contribution < -0.4 is 14.3 Å². The Bertz CT molecular complexity index is 1540. The third-order valence-corrected chi connectivity index (χ3v) is 6.36. The van der Waals surface area contributed by atoms with Gasteiger partial charge < -0.3 is 8.92 Å². The first-order valence-electron chi connectivity index (χ1n) is 9.71. The van der Waals surface area contributed by atoms with E-state index in [1.807, 2.05) is 0 Å². The van der Waals surface area contributed by atoms with Gasteiger partial charge >= 0.3 is 15.8 Å². The van der Waals surface area contributed by atoms with Crippen molar-refractivity contribution in [2.75, 3.05) is 12.5 Å². The summed E-state index contributed by atoms with van der Waals surface area (Å²) in [5.74, 6) is -0.295. The second kappa shape index (κ2) is 11.0. The molecule has 0 heterocycles. The molecule has 0 saturated carbocycles. The first-order valence-corrected chi connectivity index (χ1v) is 11.9. The largest absolute Gasteiger partial charge is 0.493 e. The highest BCUT2D eigenvalue weighted by molar-refractivity contribution is 9.10. The summed E-state index contributed by atoms with van der Waals surface area (Å²) >= 11 is 3.18. The maximum absolute atomic E-state index is 12.7. The molecule has 0 bridgehead atoms. The van der Waals surface area contributed by atoms with Crippen molar-refractivity contribution in [3.63, 3.8) is 0 Å². The monoisotopic (exact) mass is 595 g/mol. The molecule has 1 N–H and O–H groups in total. The quantitative estimate of drug-likeness (QED) is 0.150. The van der Waals surface area contributed by atoms with E-state index in [4.69, 9.17) is 8.92 Å². The van der Waals surface area contributed by atoms with Crippen LogP contribution in [0.4, 0.5) is 22.7 Å². The molecule has 0 fully saturated rings. The molecule has 0 spiro atoms. The van der Waals surface area contributed by atoms with Crippen molar-refractivity contribution in [2.24, 2.45) is 5.10 Å². The molecule has 0 radical (unpaired) electrons. The van der Waals surface area contributed by atoms with Gasteiger partial charge in [-0.3, -0.25) is 35.8 Å². The number of nitro groups is 3. The minimum atomic E-state index is -4.49. The molecule has 15 nitrogen and oxygen atoms in total. The number of rotatable bonds is 10. The summed E-state index contributed by atoms with van der Waals surface area (Å²) in [7, 11) is -3.24. The van der Waals surface area contributed by atoms with E-state index < -0.39 is 46.8 Å². The van der Waals surface area contributed by atoms with Crippen LogP contribution in [-0.4, -0.2) is 36.5 Å². The molecule has 3 rings (SSSR count). The Morgan fingerprint density at radius 2 is 1.62 bits per heavy atom. The average Bonchev–Trinajstić information content (AvgIpc) is 2.85. The average molecular weight is 596 g/mol. The summed E-state index contributed by atoms with van der Waals surface area (Å²) in [4.78, 5) is 30.3. The minimum Gasteiger partial charge on any atom is -0.493 e. The number of nitrogens with zero attached hydrogens (tertiary/aromatic N) is 4. The highest BCUT2D eigenvalue weighted by atomic mass is 79.9. The molecular formula is C20H14BrN5O10S. The zero-order valence-corrected chi connectivity index (χ0v) is 20.8. The lowest BCUT2D eigenvalue weighted by atomic mass is 10.2. The number of nitro benzene ring substituents is 3. The topological polar surface area (TPSA) is 206 Å². The van der Waals surface area contributed by atoms with E-state index in [1.165, 1.54) is 31.5 Å². The summed E-state index contributed by atoms with van der Waals surface area (Å²) in [5, 5.41) is 36.9. The molecule has 192 valence electrons. The molecule has 0 saturated heterocycles. The van der Waals surface area contributed by atoms with Crippen LogP contribution in [0.5, 0.6) is 11.5 Å². The van der Waals surface area contributed by atoms with E-state index in [2.05, 4.69) is 26.5 Å². The molecule has 0 atom stereocenters. The van der Waals surface area contributed by atoms with Gasteiger partial charge in [-0.1, -0.05) is 6.07 Å². The van der Waals surface area contributed by atoms with E-state index in [0.717, 1.165) is 36.4 Å².